The van der Waals surface area contributed by atoms with E-state index in [1.165, 1.54) is 11.1 Å². The Balaban J connectivity index is 1.91. The van der Waals surface area contributed by atoms with Crippen molar-refractivity contribution in [2.24, 2.45) is 0 Å². The topological polar surface area (TPSA) is 20.3 Å². The Kier molecular flexibility index (Phi) is 4.29. The molecule has 1 aliphatic carbocycles. The Bertz CT molecular complexity index is 668. The number of amides is 1. The Morgan fingerprint density at radius 3 is 2.67 bits per heavy atom. The monoisotopic (exact) mass is 391 g/mol. The number of nitrogens with zero attached hydrogens (tertiary/aromatic N) is 1. The molecule has 1 unspecified atom stereocenters. The second kappa shape index (κ2) is 6.18. The summed E-state index contributed by atoms with van der Waals surface area (Å²) in [5, 5.41) is 0. The molecule has 0 spiro atoms. The van der Waals surface area contributed by atoms with Gasteiger partial charge in [0.2, 0.25) is 0 Å². The van der Waals surface area contributed by atoms with Gasteiger partial charge in [-0.25, -0.2) is 0 Å². The van der Waals surface area contributed by atoms with Crippen molar-refractivity contribution in [2.45, 2.75) is 25.3 Å². The molecule has 1 aliphatic rings. The molecule has 0 saturated carbocycles. The summed E-state index contributed by atoms with van der Waals surface area (Å²) in [7, 11) is 1.93. The van der Waals surface area contributed by atoms with Gasteiger partial charge in [0.1, 0.15) is 0 Å². The van der Waals surface area contributed by atoms with Crippen LogP contribution in [0.1, 0.15) is 40.4 Å². The highest BCUT2D eigenvalue weighted by molar-refractivity contribution is 14.1. The zero-order valence-corrected chi connectivity index (χ0v) is 14.2. The zero-order chi connectivity index (χ0) is 14.8. The third-order valence-electron chi connectivity index (χ3n) is 4.23. The molecule has 21 heavy (non-hydrogen) atoms. The molecule has 0 aromatic heterocycles. The van der Waals surface area contributed by atoms with Crippen LogP contribution < -0.4 is 0 Å². The van der Waals surface area contributed by atoms with Crippen molar-refractivity contribution in [3.63, 3.8) is 0 Å². The third kappa shape index (κ3) is 2.84. The molecule has 0 heterocycles. The number of fused-ring (bicyclic) bond motifs is 1. The molecule has 0 fully saturated rings. The van der Waals surface area contributed by atoms with Crippen LogP contribution in [0.5, 0.6) is 0 Å². The number of benzene rings is 2. The lowest BCUT2D eigenvalue weighted by Crippen LogP contribution is -2.33. The summed E-state index contributed by atoms with van der Waals surface area (Å²) in [6, 6.07) is 16.5. The van der Waals surface area contributed by atoms with Gasteiger partial charge in [0, 0.05) is 10.6 Å². The number of aryl methyl sites for hydroxylation is 1. The van der Waals surface area contributed by atoms with E-state index in [2.05, 4.69) is 46.9 Å². The Hall–Kier alpha value is -1.36. The molecule has 2 nitrogen and oxygen atoms in total. The maximum Gasteiger partial charge on any atom is 0.255 e. The van der Waals surface area contributed by atoms with Gasteiger partial charge in [-0.3, -0.25) is 4.79 Å². The van der Waals surface area contributed by atoms with E-state index >= 15 is 0 Å². The standard InChI is InChI=1S/C18H18INO/c1-20(18(21)15-10-4-5-11-16(15)19)17-12-6-8-13-7-2-3-9-14(13)17/h2-5,7,9-11,17H,6,8,12H2,1H3. The predicted octanol–water partition coefficient (Wildman–Crippen LogP) is 4.44. The van der Waals surface area contributed by atoms with Crippen LogP contribution in [0.2, 0.25) is 0 Å². The van der Waals surface area contributed by atoms with E-state index in [4.69, 9.17) is 0 Å². The number of rotatable bonds is 2. The number of carbonyl (C=O) groups is 1. The van der Waals surface area contributed by atoms with Crippen LogP contribution in [0.4, 0.5) is 0 Å². The van der Waals surface area contributed by atoms with E-state index in [1.54, 1.807) is 0 Å². The first-order valence-corrected chi connectivity index (χ1v) is 8.36. The largest absolute Gasteiger partial charge is 0.335 e. The molecule has 3 heteroatoms. The molecule has 0 saturated heterocycles. The van der Waals surface area contributed by atoms with Crippen molar-refractivity contribution in [3.8, 4) is 0 Å². The molecule has 0 radical (unpaired) electrons. The summed E-state index contributed by atoms with van der Waals surface area (Å²) in [5.41, 5.74) is 3.49. The van der Waals surface area contributed by atoms with Gasteiger partial charge in [0.15, 0.2) is 0 Å². The fraction of sp³-hybridized carbons (Fsp3) is 0.278. The van der Waals surface area contributed by atoms with Crippen molar-refractivity contribution < 1.29 is 4.79 Å². The minimum Gasteiger partial charge on any atom is -0.335 e. The summed E-state index contributed by atoms with van der Waals surface area (Å²) < 4.78 is 1.01. The van der Waals surface area contributed by atoms with Gasteiger partial charge in [0.05, 0.1) is 11.6 Å². The molecular weight excluding hydrogens is 373 g/mol. The Morgan fingerprint density at radius 2 is 1.86 bits per heavy atom. The van der Waals surface area contributed by atoms with Crippen molar-refractivity contribution in [1.29, 1.82) is 0 Å². The highest BCUT2D eigenvalue weighted by atomic mass is 127. The van der Waals surface area contributed by atoms with Crippen molar-refractivity contribution in [2.75, 3.05) is 7.05 Å². The fourth-order valence-corrected chi connectivity index (χ4v) is 3.71. The first-order valence-electron chi connectivity index (χ1n) is 7.28. The van der Waals surface area contributed by atoms with E-state index in [1.807, 2.05) is 36.2 Å². The SMILES string of the molecule is CN(C(=O)c1ccccc1I)C1CCCc2ccccc21. The first-order chi connectivity index (χ1) is 10.2. The van der Waals surface area contributed by atoms with Crippen LogP contribution in [-0.4, -0.2) is 17.9 Å². The molecule has 2 aromatic rings. The van der Waals surface area contributed by atoms with Gasteiger partial charge >= 0.3 is 0 Å². The minimum atomic E-state index is 0.113. The lowest BCUT2D eigenvalue weighted by Gasteiger charge is -2.33. The molecule has 2 aromatic carbocycles. The highest BCUT2D eigenvalue weighted by Gasteiger charge is 2.27. The second-order valence-corrected chi connectivity index (χ2v) is 6.66. The molecule has 0 aliphatic heterocycles. The maximum atomic E-state index is 12.8. The number of carbonyl (C=O) groups excluding carboxylic acids is 1. The van der Waals surface area contributed by atoms with Crippen molar-refractivity contribution in [1.82, 2.24) is 4.90 Å². The molecule has 108 valence electrons. The normalized spacial score (nSPS) is 17.1. The lowest BCUT2D eigenvalue weighted by atomic mass is 9.87. The minimum absolute atomic E-state index is 0.113. The highest BCUT2D eigenvalue weighted by Crippen LogP contribution is 2.34. The smallest absolute Gasteiger partial charge is 0.255 e. The molecule has 0 N–H and O–H groups in total. The van der Waals surface area contributed by atoms with E-state index < -0.39 is 0 Å². The average Bonchev–Trinajstić information content (AvgIpc) is 2.53. The van der Waals surface area contributed by atoms with Gasteiger partial charge in [-0.1, -0.05) is 36.4 Å². The van der Waals surface area contributed by atoms with Crippen LogP contribution in [-0.2, 0) is 6.42 Å². The number of halogens is 1. The summed E-state index contributed by atoms with van der Waals surface area (Å²) in [6.07, 6.45) is 3.31. The van der Waals surface area contributed by atoms with Gasteiger partial charge in [-0.15, -0.1) is 0 Å². The van der Waals surface area contributed by atoms with Crippen molar-refractivity contribution >= 4 is 28.5 Å². The van der Waals surface area contributed by atoms with E-state index in [0.29, 0.717) is 0 Å². The second-order valence-electron chi connectivity index (χ2n) is 5.50. The predicted molar refractivity (Wildman–Crippen MR) is 93.4 cm³/mol. The fourth-order valence-electron chi connectivity index (χ4n) is 3.10. The van der Waals surface area contributed by atoms with Gasteiger partial charge in [0.25, 0.3) is 5.91 Å². The lowest BCUT2D eigenvalue weighted by molar-refractivity contribution is 0.0714. The summed E-state index contributed by atoms with van der Waals surface area (Å²) in [5.74, 6) is 0.113. The quantitative estimate of drug-likeness (QED) is 0.694. The van der Waals surface area contributed by atoms with Crippen LogP contribution in [0.3, 0.4) is 0 Å². The van der Waals surface area contributed by atoms with E-state index in [0.717, 1.165) is 28.4 Å². The summed E-state index contributed by atoms with van der Waals surface area (Å²) in [6.45, 7) is 0. The number of hydrogen-bond acceptors (Lipinski definition) is 1. The Morgan fingerprint density at radius 1 is 1.14 bits per heavy atom. The molecule has 1 amide bonds. The maximum absolute atomic E-state index is 12.8. The average molecular weight is 391 g/mol. The van der Waals surface area contributed by atoms with Gasteiger partial charge in [-0.05, 0) is 65.1 Å². The first kappa shape index (κ1) is 14.6. The molecule has 0 bridgehead atoms. The third-order valence-corrected chi connectivity index (χ3v) is 5.17. The van der Waals surface area contributed by atoms with Gasteiger partial charge < -0.3 is 4.90 Å². The molecule has 3 rings (SSSR count). The van der Waals surface area contributed by atoms with Crippen LogP contribution in [0.25, 0.3) is 0 Å². The zero-order valence-electron chi connectivity index (χ0n) is 12.1. The van der Waals surface area contributed by atoms with Crippen LogP contribution >= 0.6 is 22.6 Å². The van der Waals surface area contributed by atoms with Gasteiger partial charge in [-0.2, -0.15) is 0 Å². The van der Waals surface area contributed by atoms with Crippen LogP contribution in [0, 0.1) is 3.57 Å². The van der Waals surface area contributed by atoms with E-state index in [-0.39, 0.29) is 11.9 Å². The van der Waals surface area contributed by atoms with Crippen LogP contribution in [0.15, 0.2) is 48.5 Å². The number of hydrogen-bond donors (Lipinski definition) is 0. The Labute approximate surface area is 139 Å². The molecule has 1 atom stereocenters. The van der Waals surface area contributed by atoms with E-state index in [9.17, 15) is 4.79 Å². The summed E-state index contributed by atoms with van der Waals surface area (Å²) >= 11 is 2.23. The molecular formula is C18H18INO. The van der Waals surface area contributed by atoms with Crippen molar-refractivity contribution in [3.05, 3.63) is 68.8 Å². The summed E-state index contributed by atoms with van der Waals surface area (Å²) in [4.78, 5) is 14.7.